The fourth-order valence-electron chi connectivity index (χ4n) is 3.68. The zero-order valence-electron chi connectivity index (χ0n) is 16.9. The van der Waals surface area contributed by atoms with Gasteiger partial charge in [-0.05, 0) is 51.9 Å². The molecule has 0 fully saturated rings. The maximum Gasteiger partial charge on any atom is 0.251 e. The second-order valence-electron chi connectivity index (χ2n) is 7.28. The number of carbonyl (C=O) groups is 1. The fraction of sp³-hybridized carbons (Fsp3) is 0.130. The van der Waals surface area contributed by atoms with Crippen molar-refractivity contribution in [2.45, 2.75) is 12.6 Å². The number of fused-ring (bicyclic) bond motifs is 1. The monoisotopic (exact) mass is 446 g/mol. The largest absolute Gasteiger partial charge is 0.467 e. The zero-order chi connectivity index (χ0) is 21.9. The number of carbonyl (C=O) groups excluding carboxylic acids is 1. The molecular formula is C23H19ClN6O2. The molecule has 1 atom stereocenters. The zero-order valence-corrected chi connectivity index (χ0v) is 17.7. The van der Waals surface area contributed by atoms with Crippen LogP contribution in [-0.4, -0.2) is 32.7 Å². The number of furan rings is 1. The molecule has 9 heteroatoms. The minimum absolute atomic E-state index is 0.0507. The van der Waals surface area contributed by atoms with Crippen molar-refractivity contribution >= 4 is 29.2 Å². The number of allylic oxidation sites excluding steroid dienone is 1. The summed E-state index contributed by atoms with van der Waals surface area (Å²) in [6.07, 6.45) is 3.63. The molecule has 1 aliphatic heterocycles. The number of benzene rings is 2. The van der Waals surface area contributed by atoms with Crippen molar-refractivity contribution in [1.29, 1.82) is 0 Å². The first-order chi connectivity index (χ1) is 15.7. The number of halogens is 1. The molecule has 1 aliphatic rings. The highest BCUT2D eigenvalue weighted by molar-refractivity contribution is 6.30. The SMILES string of the molecule is O=C(CN1C(c2ccccc2)=C[C@@H](c2ccc(Cl)cc2)n2nnnc21)NCc1ccco1. The third kappa shape index (κ3) is 4.00. The summed E-state index contributed by atoms with van der Waals surface area (Å²) in [6, 6.07) is 20.8. The van der Waals surface area contributed by atoms with Crippen LogP contribution in [0.5, 0.6) is 0 Å². The molecule has 0 saturated heterocycles. The number of nitrogens with zero attached hydrogens (tertiary/aromatic N) is 5. The Hall–Kier alpha value is -3.91. The third-order valence-electron chi connectivity index (χ3n) is 5.21. The topological polar surface area (TPSA) is 89.1 Å². The quantitative estimate of drug-likeness (QED) is 0.486. The first-order valence-electron chi connectivity index (χ1n) is 10.1. The van der Waals surface area contributed by atoms with Gasteiger partial charge in [0.25, 0.3) is 5.95 Å². The standard InChI is InChI=1S/C23H19ClN6O2/c24-18-10-8-17(9-11-18)21-13-20(16-5-2-1-3-6-16)29(23-26-27-28-30(21)23)15-22(31)25-14-19-7-4-12-32-19/h1-13,21H,14-15H2,(H,25,31)/t21-/m0/s1. The summed E-state index contributed by atoms with van der Waals surface area (Å²) in [5.74, 6) is 0.991. The summed E-state index contributed by atoms with van der Waals surface area (Å²) < 4.78 is 7.00. The van der Waals surface area contributed by atoms with Crippen molar-refractivity contribution in [2.24, 2.45) is 0 Å². The molecule has 2 aromatic heterocycles. The molecule has 3 heterocycles. The number of anilines is 1. The highest BCUT2D eigenvalue weighted by Crippen LogP contribution is 2.36. The van der Waals surface area contributed by atoms with E-state index in [1.54, 1.807) is 17.0 Å². The predicted octanol–water partition coefficient (Wildman–Crippen LogP) is 3.69. The van der Waals surface area contributed by atoms with E-state index in [0.717, 1.165) is 16.8 Å². The molecule has 0 radical (unpaired) electrons. The van der Waals surface area contributed by atoms with Gasteiger partial charge in [-0.1, -0.05) is 59.2 Å². The van der Waals surface area contributed by atoms with Crippen molar-refractivity contribution in [1.82, 2.24) is 25.5 Å². The lowest BCUT2D eigenvalue weighted by atomic mass is 10.0. The van der Waals surface area contributed by atoms with Gasteiger partial charge >= 0.3 is 0 Å². The van der Waals surface area contributed by atoms with Gasteiger partial charge in [0.1, 0.15) is 18.3 Å². The Morgan fingerprint density at radius 2 is 1.88 bits per heavy atom. The molecule has 5 rings (SSSR count). The summed E-state index contributed by atoms with van der Waals surface area (Å²) in [5.41, 5.74) is 2.79. The van der Waals surface area contributed by atoms with Gasteiger partial charge in [0.2, 0.25) is 5.91 Å². The molecule has 0 bridgehead atoms. The Kier molecular flexibility index (Phi) is 5.43. The van der Waals surface area contributed by atoms with E-state index in [2.05, 4.69) is 26.9 Å². The van der Waals surface area contributed by atoms with Crippen molar-refractivity contribution < 1.29 is 9.21 Å². The molecule has 32 heavy (non-hydrogen) atoms. The average Bonchev–Trinajstić information content (AvgIpc) is 3.52. The lowest BCUT2D eigenvalue weighted by Crippen LogP contribution is -2.39. The molecule has 0 spiro atoms. The van der Waals surface area contributed by atoms with Gasteiger partial charge in [0.15, 0.2) is 0 Å². The normalized spacial score (nSPS) is 15.2. The minimum atomic E-state index is -0.241. The summed E-state index contributed by atoms with van der Waals surface area (Å²) in [4.78, 5) is 14.6. The van der Waals surface area contributed by atoms with Crippen molar-refractivity contribution in [3.8, 4) is 0 Å². The molecule has 1 N–H and O–H groups in total. The van der Waals surface area contributed by atoms with Gasteiger partial charge in [0, 0.05) is 5.02 Å². The first kappa shape index (κ1) is 20.0. The molecule has 0 unspecified atom stereocenters. The number of hydrogen-bond acceptors (Lipinski definition) is 6. The Labute approximate surface area is 189 Å². The van der Waals surface area contributed by atoms with Crippen molar-refractivity contribution in [2.75, 3.05) is 11.4 Å². The van der Waals surface area contributed by atoms with E-state index in [4.69, 9.17) is 16.0 Å². The molecule has 0 saturated carbocycles. The van der Waals surface area contributed by atoms with Crippen LogP contribution < -0.4 is 10.2 Å². The van der Waals surface area contributed by atoms with Crippen LogP contribution >= 0.6 is 11.6 Å². The Balaban J connectivity index is 1.49. The Morgan fingerprint density at radius 3 is 2.62 bits per heavy atom. The van der Waals surface area contributed by atoms with E-state index in [9.17, 15) is 4.79 Å². The van der Waals surface area contributed by atoms with Crippen LogP contribution in [0.25, 0.3) is 5.70 Å². The van der Waals surface area contributed by atoms with Crippen LogP contribution in [0.1, 0.15) is 22.9 Å². The van der Waals surface area contributed by atoms with Gasteiger partial charge in [-0.25, -0.2) is 0 Å². The second-order valence-corrected chi connectivity index (χ2v) is 7.72. The van der Waals surface area contributed by atoms with E-state index in [0.29, 0.717) is 23.3 Å². The number of nitrogens with one attached hydrogen (secondary N) is 1. The summed E-state index contributed by atoms with van der Waals surface area (Å²) in [5, 5.41) is 15.9. The van der Waals surface area contributed by atoms with E-state index >= 15 is 0 Å². The first-order valence-corrected chi connectivity index (χ1v) is 10.4. The molecule has 0 aliphatic carbocycles. The third-order valence-corrected chi connectivity index (χ3v) is 5.46. The minimum Gasteiger partial charge on any atom is -0.467 e. The molecule has 160 valence electrons. The average molecular weight is 447 g/mol. The number of amides is 1. The van der Waals surface area contributed by atoms with E-state index in [-0.39, 0.29) is 18.5 Å². The van der Waals surface area contributed by atoms with E-state index in [1.807, 2.05) is 65.6 Å². The van der Waals surface area contributed by atoms with E-state index < -0.39 is 0 Å². The van der Waals surface area contributed by atoms with Crippen molar-refractivity contribution in [3.63, 3.8) is 0 Å². The van der Waals surface area contributed by atoms with Crippen LogP contribution in [0.15, 0.2) is 83.5 Å². The van der Waals surface area contributed by atoms with Gasteiger partial charge in [-0.15, -0.1) is 0 Å². The van der Waals surface area contributed by atoms with Gasteiger partial charge < -0.3 is 9.73 Å². The van der Waals surface area contributed by atoms with E-state index in [1.165, 1.54) is 0 Å². The van der Waals surface area contributed by atoms with Crippen molar-refractivity contribution in [3.05, 3.63) is 101 Å². The summed E-state index contributed by atoms with van der Waals surface area (Å²) in [7, 11) is 0. The lowest BCUT2D eigenvalue weighted by molar-refractivity contribution is -0.119. The Bertz CT molecular complexity index is 1240. The highest BCUT2D eigenvalue weighted by atomic mass is 35.5. The smallest absolute Gasteiger partial charge is 0.251 e. The predicted molar refractivity (Wildman–Crippen MR) is 120 cm³/mol. The molecule has 4 aromatic rings. The summed E-state index contributed by atoms with van der Waals surface area (Å²) >= 11 is 6.08. The van der Waals surface area contributed by atoms with Crippen LogP contribution in [0.3, 0.4) is 0 Å². The number of aromatic nitrogens is 4. The number of hydrogen-bond donors (Lipinski definition) is 1. The van der Waals surface area contributed by atoms with Crippen LogP contribution in [0.2, 0.25) is 5.02 Å². The molecule has 1 amide bonds. The lowest BCUT2D eigenvalue weighted by Gasteiger charge is -2.32. The van der Waals surface area contributed by atoms with Crippen LogP contribution in [0.4, 0.5) is 5.95 Å². The molecular weight excluding hydrogens is 428 g/mol. The molecule has 2 aromatic carbocycles. The number of tetrazole rings is 1. The fourth-order valence-corrected chi connectivity index (χ4v) is 3.80. The van der Waals surface area contributed by atoms with Gasteiger partial charge in [-0.2, -0.15) is 4.68 Å². The summed E-state index contributed by atoms with van der Waals surface area (Å²) in [6.45, 7) is 0.359. The van der Waals surface area contributed by atoms with Gasteiger partial charge in [0.05, 0.1) is 18.5 Å². The second kappa shape index (κ2) is 8.68. The number of rotatable bonds is 6. The van der Waals surface area contributed by atoms with Gasteiger partial charge in [-0.3, -0.25) is 9.69 Å². The maximum absolute atomic E-state index is 12.8. The maximum atomic E-state index is 12.8. The van der Waals surface area contributed by atoms with Crippen LogP contribution in [-0.2, 0) is 11.3 Å². The van der Waals surface area contributed by atoms with Crippen LogP contribution in [0, 0.1) is 0 Å². The highest BCUT2D eigenvalue weighted by Gasteiger charge is 2.31. The molecule has 8 nitrogen and oxygen atoms in total. The Morgan fingerprint density at radius 1 is 1.06 bits per heavy atom.